The van der Waals surface area contributed by atoms with Crippen molar-refractivity contribution in [2.75, 3.05) is 0 Å². The second kappa shape index (κ2) is 7.79. The first-order chi connectivity index (χ1) is 14.4. The third kappa shape index (κ3) is 3.91. The molecule has 2 heterocycles. The van der Waals surface area contributed by atoms with E-state index in [-0.39, 0.29) is 23.5 Å². The molecule has 0 spiro atoms. The summed E-state index contributed by atoms with van der Waals surface area (Å²) in [5.74, 6) is -0.221. The van der Waals surface area contributed by atoms with Crippen LogP contribution in [0.25, 0.3) is 11.0 Å². The van der Waals surface area contributed by atoms with Gasteiger partial charge in [-0.3, -0.25) is 4.79 Å². The van der Waals surface area contributed by atoms with Crippen molar-refractivity contribution in [1.82, 2.24) is 0 Å². The van der Waals surface area contributed by atoms with Crippen molar-refractivity contribution in [3.05, 3.63) is 87.7 Å². The molecule has 2 aromatic heterocycles. The normalized spacial score (nSPS) is 10.9. The number of furan rings is 1. The Balaban J connectivity index is 1.55. The molecule has 30 heavy (non-hydrogen) atoms. The number of carboxylic acids is 1. The van der Waals surface area contributed by atoms with Gasteiger partial charge < -0.3 is 28.2 Å². The van der Waals surface area contributed by atoms with Gasteiger partial charge in [-0.15, -0.1) is 0 Å². The third-order valence-electron chi connectivity index (χ3n) is 4.52. The van der Waals surface area contributed by atoms with Crippen molar-refractivity contribution in [1.29, 1.82) is 0 Å². The average Bonchev–Trinajstić information content (AvgIpc) is 3.20. The van der Waals surface area contributed by atoms with E-state index in [1.807, 2.05) is 32.0 Å². The lowest BCUT2D eigenvalue weighted by molar-refractivity contribution is -0.257. The molecule has 0 amide bonds. The number of rotatable bonds is 6. The highest BCUT2D eigenvalue weighted by atomic mass is 16.5. The van der Waals surface area contributed by atoms with Gasteiger partial charge in [0.15, 0.2) is 0 Å². The maximum atomic E-state index is 12.8. The average molecular weight is 405 g/mol. The van der Waals surface area contributed by atoms with E-state index in [0.29, 0.717) is 28.2 Å². The van der Waals surface area contributed by atoms with E-state index < -0.39 is 5.97 Å². The SMILES string of the molecule is Cc1ccc(C)c(Oc2coc3cc(OCc4ccc(C(=O)[O-])o4)ccc3c2=O)c1. The van der Waals surface area contributed by atoms with E-state index in [9.17, 15) is 14.7 Å². The van der Waals surface area contributed by atoms with Crippen LogP contribution in [0.2, 0.25) is 0 Å². The van der Waals surface area contributed by atoms with Gasteiger partial charge in [-0.2, -0.15) is 0 Å². The van der Waals surface area contributed by atoms with Crippen LogP contribution in [0, 0.1) is 13.8 Å². The predicted molar refractivity (Wildman–Crippen MR) is 106 cm³/mol. The predicted octanol–water partition coefficient (Wildman–Crippen LogP) is 3.74. The number of hydrogen-bond acceptors (Lipinski definition) is 7. The van der Waals surface area contributed by atoms with Crippen LogP contribution < -0.4 is 20.0 Å². The molecule has 0 unspecified atom stereocenters. The van der Waals surface area contributed by atoms with Gasteiger partial charge in [-0.05, 0) is 55.3 Å². The first-order valence-electron chi connectivity index (χ1n) is 9.14. The molecular weight excluding hydrogens is 388 g/mol. The lowest BCUT2D eigenvalue weighted by atomic mass is 10.1. The second-order valence-corrected chi connectivity index (χ2v) is 6.80. The number of carboxylic acid groups (broad SMARTS) is 1. The zero-order chi connectivity index (χ0) is 21.3. The number of aromatic carboxylic acids is 1. The van der Waals surface area contributed by atoms with Gasteiger partial charge in [-0.1, -0.05) is 12.1 Å². The topological polar surface area (TPSA) is 102 Å². The van der Waals surface area contributed by atoms with Gasteiger partial charge in [0, 0.05) is 6.07 Å². The molecule has 2 aromatic carbocycles. The Hall–Kier alpha value is -4.00. The van der Waals surface area contributed by atoms with Crippen molar-refractivity contribution in [2.24, 2.45) is 0 Å². The van der Waals surface area contributed by atoms with Crippen LogP contribution >= 0.6 is 0 Å². The molecule has 0 atom stereocenters. The highest BCUT2D eigenvalue weighted by molar-refractivity contribution is 5.82. The van der Waals surface area contributed by atoms with Gasteiger partial charge in [0.1, 0.15) is 47.4 Å². The molecule has 0 aliphatic rings. The van der Waals surface area contributed by atoms with Gasteiger partial charge in [-0.25, -0.2) is 0 Å². The largest absolute Gasteiger partial charge is 0.542 e. The van der Waals surface area contributed by atoms with Crippen molar-refractivity contribution < 1.29 is 28.2 Å². The Morgan fingerprint density at radius 2 is 1.87 bits per heavy atom. The lowest BCUT2D eigenvalue weighted by Crippen LogP contribution is -2.21. The number of carbonyl (C=O) groups excluding carboxylic acids is 1. The number of ether oxygens (including phenoxy) is 2. The molecule has 7 heteroatoms. The zero-order valence-corrected chi connectivity index (χ0v) is 16.3. The minimum absolute atomic E-state index is 0.0108. The number of hydrogen-bond donors (Lipinski definition) is 0. The summed E-state index contributed by atoms with van der Waals surface area (Å²) in [6.07, 6.45) is 1.27. The van der Waals surface area contributed by atoms with Crippen LogP contribution in [-0.2, 0) is 6.61 Å². The smallest absolute Gasteiger partial charge is 0.235 e. The minimum Gasteiger partial charge on any atom is -0.542 e. The number of aryl methyl sites for hydroxylation is 2. The first-order valence-corrected chi connectivity index (χ1v) is 9.14. The van der Waals surface area contributed by atoms with Crippen LogP contribution in [0.1, 0.15) is 27.4 Å². The molecule has 0 saturated carbocycles. The Kier molecular flexibility index (Phi) is 5.02. The highest BCUT2D eigenvalue weighted by Gasteiger charge is 2.12. The molecule has 4 aromatic rings. The van der Waals surface area contributed by atoms with Crippen LogP contribution in [-0.4, -0.2) is 5.97 Å². The third-order valence-corrected chi connectivity index (χ3v) is 4.52. The van der Waals surface area contributed by atoms with Crippen LogP contribution in [0.3, 0.4) is 0 Å². The van der Waals surface area contributed by atoms with Crippen molar-refractivity contribution >= 4 is 16.9 Å². The fraction of sp³-hybridized carbons (Fsp3) is 0.130. The van der Waals surface area contributed by atoms with Crippen LogP contribution in [0.15, 0.2) is 68.4 Å². The summed E-state index contributed by atoms with van der Waals surface area (Å²) in [6.45, 7) is 3.85. The van der Waals surface area contributed by atoms with E-state index in [2.05, 4.69) is 0 Å². The van der Waals surface area contributed by atoms with Gasteiger partial charge in [0.25, 0.3) is 0 Å². The summed E-state index contributed by atoms with van der Waals surface area (Å²) >= 11 is 0. The Labute approximate surface area is 171 Å². The van der Waals surface area contributed by atoms with Crippen molar-refractivity contribution in [3.63, 3.8) is 0 Å². The fourth-order valence-electron chi connectivity index (χ4n) is 2.91. The molecule has 4 rings (SSSR count). The standard InChI is InChI=1S/C23H18O7/c1-13-3-4-14(2)19(9-13)30-21-12-28-20-10-15(5-7-17(20)22(21)24)27-11-16-6-8-18(29-16)23(25)26/h3-10,12H,11H2,1-2H3,(H,25,26)/p-1. The minimum atomic E-state index is -1.40. The van der Waals surface area contributed by atoms with Crippen LogP contribution in [0.5, 0.6) is 17.2 Å². The molecule has 0 radical (unpaired) electrons. The van der Waals surface area contributed by atoms with E-state index in [4.69, 9.17) is 18.3 Å². The molecule has 0 N–H and O–H groups in total. The van der Waals surface area contributed by atoms with E-state index >= 15 is 0 Å². The highest BCUT2D eigenvalue weighted by Crippen LogP contribution is 2.27. The maximum absolute atomic E-state index is 12.8. The summed E-state index contributed by atoms with van der Waals surface area (Å²) in [5.41, 5.74) is 1.96. The van der Waals surface area contributed by atoms with Crippen LogP contribution in [0.4, 0.5) is 0 Å². The molecule has 7 nitrogen and oxygen atoms in total. The monoisotopic (exact) mass is 405 g/mol. The molecule has 0 aliphatic heterocycles. The quantitative estimate of drug-likeness (QED) is 0.481. The van der Waals surface area contributed by atoms with Gasteiger partial charge in [0.05, 0.1) is 5.39 Å². The number of fused-ring (bicyclic) bond motifs is 1. The second-order valence-electron chi connectivity index (χ2n) is 6.80. The lowest BCUT2D eigenvalue weighted by Gasteiger charge is -2.10. The molecule has 0 aliphatic carbocycles. The summed E-state index contributed by atoms with van der Waals surface area (Å²) in [7, 11) is 0. The van der Waals surface area contributed by atoms with E-state index in [1.165, 1.54) is 18.4 Å². The van der Waals surface area contributed by atoms with E-state index in [0.717, 1.165) is 11.1 Å². The maximum Gasteiger partial charge on any atom is 0.235 e. The summed E-state index contributed by atoms with van der Waals surface area (Å²) in [4.78, 5) is 23.5. The molecule has 152 valence electrons. The van der Waals surface area contributed by atoms with Gasteiger partial charge >= 0.3 is 0 Å². The van der Waals surface area contributed by atoms with Crippen molar-refractivity contribution in [3.8, 4) is 17.2 Å². The van der Waals surface area contributed by atoms with E-state index in [1.54, 1.807) is 18.2 Å². The zero-order valence-electron chi connectivity index (χ0n) is 16.3. The molecule has 0 bridgehead atoms. The van der Waals surface area contributed by atoms with Gasteiger partial charge in [0.2, 0.25) is 11.2 Å². The number of carbonyl (C=O) groups is 1. The van der Waals surface area contributed by atoms with Crippen molar-refractivity contribution in [2.45, 2.75) is 20.5 Å². The Morgan fingerprint density at radius 1 is 1.03 bits per heavy atom. The molecular formula is C23H17O7-. The summed E-state index contributed by atoms with van der Waals surface area (Å²) in [6, 6.07) is 13.3. The summed E-state index contributed by atoms with van der Waals surface area (Å²) < 4.78 is 22.0. The Morgan fingerprint density at radius 3 is 2.63 bits per heavy atom. The summed E-state index contributed by atoms with van der Waals surface area (Å²) in [5, 5.41) is 11.1. The number of benzene rings is 2. The fourth-order valence-corrected chi connectivity index (χ4v) is 2.91. The Bertz CT molecular complexity index is 1300. The molecule has 0 fully saturated rings. The first kappa shape index (κ1) is 19.3. The molecule has 0 saturated heterocycles.